The fourth-order valence-corrected chi connectivity index (χ4v) is 2.84. The second-order valence-corrected chi connectivity index (χ2v) is 6.20. The maximum atomic E-state index is 11.8. The molecule has 1 aromatic rings. The summed E-state index contributed by atoms with van der Waals surface area (Å²) in [4.78, 5) is 0. The average molecular weight is 302 g/mol. The summed E-state index contributed by atoms with van der Waals surface area (Å²) in [6.07, 6.45) is 1.39. The molecule has 0 unspecified atom stereocenters. The minimum Gasteiger partial charge on any atom is -0.384 e. The largest absolute Gasteiger partial charge is 0.384 e. The first-order valence-corrected chi connectivity index (χ1v) is 7.91. The molecule has 4 nitrogen and oxygen atoms in total. The van der Waals surface area contributed by atoms with E-state index < -0.39 is 10.0 Å². The lowest BCUT2D eigenvalue weighted by Gasteiger charge is -2.10. The van der Waals surface area contributed by atoms with Gasteiger partial charge in [-0.25, -0.2) is 8.42 Å². The fraction of sp³-hybridized carbons (Fsp3) is 0.385. The first-order valence-electron chi connectivity index (χ1n) is 5.88. The molecule has 0 bridgehead atoms. The third kappa shape index (κ3) is 5.52. The Bertz CT molecular complexity index is 588. The van der Waals surface area contributed by atoms with Gasteiger partial charge < -0.3 is 5.11 Å². The van der Waals surface area contributed by atoms with E-state index >= 15 is 0 Å². The highest BCUT2D eigenvalue weighted by molar-refractivity contribution is 7.92. The van der Waals surface area contributed by atoms with Gasteiger partial charge in [0.15, 0.2) is 0 Å². The van der Waals surface area contributed by atoms with Crippen molar-refractivity contribution in [1.29, 1.82) is 0 Å². The summed E-state index contributed by atoms with van der Waals surface area (Å²) in [6, 6.07) is 4.74. The van der Waals surface area contributed by atoms with Gasteiger partial charge in [-0.05, 0) is 24.6 Å². The second-order valence-electron chi connectivity index (χ2n) is 3.92. The van der Waals surface area contributed by atoms with E-state index in [1.54, 1.807) is 12.1 Å². The lowest BCUT2D eigenvalue weighted by molar-refractivity contribution is 0.350. The van der Waals surface area contributed by atoms with Crippen LogP contribution in [0.5, 0.6) is 0 Å². The molecule has 0 spiro atoms. The van der Waals surface area contributed by atoms with Crippen LogP contribution in [0.25, 0.3) is 0 Å². The Labute approximate surface area is 118 Å². The number of aliphatic hydroxyl groups excluding tert-OH is 1. The smallest absolute Gasteiger partial charge is 0.232 e. The van der Waals surface area contributed by atoms with E-state index in [-0.39, 0.29) is 12.4 Å². The molecule has 0 amide bonds. The van der Waals surface area contributed by atoms with Gasteiger partial charge in [-0.1, -0.05) is 36.8 Å². The minimum atomic E-state index is -3.40. The van der Waals surface area contributed by atoms with E-state index in [1.165, 1.54) is 6.07 Å². The standard InChI is InChI=1S/C13H16ClNO3S/c1-2-3-9-19(17,18)15-13-10-12(14)7-6-11(13)5-4-8-16/h6-7,10,15-16H,2-3,8-9H2,1H3. The molecule has 0 aliphatic rings. The summed E-state index contributed by atoms with van der Waals surface area (Å²) < 4.78 is 26.2. The van der Waals surface area contributed by atoms with E-state index in [9.17, 15) is 8.42 Å². The fourth-order valence-electron chi connectivity index (χ4n) is 1.40. The SMILES string of the molecule is CCCCS(=O)(=O)Nc1cc(Cl)ccc1C#CCO. The maximum absolute atomic E-state index is 11.8. The highest BCUT2D eigenvalue weighted by atomic mass is 35.5. The van der Waals surface area contributed by atoms with E-state index in [1.807, 2.05) is 6.92 Å². The second kappa shape index (κ2) is 7.39. The molecule has 0 aliphatic carbocycles. The van der Waals surface area contributed by atoms with Gasteiger partial charge in [-0.15, -0.1) is 0 Å². The molecule has 19 heavy (non-hydrogen) atoms. The number of sulfonamides is 1. The van der Waals surface area contributed by atoms with Crippen LogP contribution in [0.3, 0.4) is 0 Å². The van der Waals surface area contributed by atoms with E-state index in [0.717, 1.165) is 6.42 Å². The molecule has 0 radical (unpaired) electrons. The number of hydrogen-bond acceptors (Lipinski definition) is 3. The Hall–Kier alpha value is -1.22. The number of unbranched alkanes of at least 4 members (excludes halogenated alkanes) is 1. The first kappa shape index (κ1) is 15.8. The Morgan fingerprint density at radius 1 is 1.42 bits per heavy atom. The highest BCUT2D eigenvalue weighted by Gasteiger charge is 2.12. The van der Waals surface area contributed by atoms with Crippen LogP contribution >= 0.6 is 11.6 Å². The van der Waals surface area contributed by atoms with E-state index in [2.05, 4.69) is 16.6 Å². The van der Waals surface area contributed by atoms with Crippen molar-refractivity contribution in [2.45, 2.75) is 19.8 Å². The van der Waals surface area contributed by atoms with Crippen molar-refractivity contribution in [2.24, 2.45) is 0 Å². The average Bonchev–Trinajstić information content (AvgIpc) is 2.35. The summed E-state index contributed by atoms with van der Waals surface area (Å²) >= 11 is 5.85. The van der Waals surface area contributed by atoms with Gasteiger partial charge in [0.25, 0.3) is 0 Å². The van der Waals surface area contributed by atoms with Gasteiger partial charge >= 0.3 is 0 Å². The molecular formula is C13H16ClNO3S. The Morgan fingerprint density at radius 2 is 2.16 bits per heavy atom. The molecule has 0 heterocycles. The van der Waals surface area contributed by atoms with Crippen LogP contribution in [0.1, 0.15) is 25.3 Å². The Balaban J connectivity index is 3.02. The van der Waals surface area contributed by atoms with Crippen LogP contribution in [-0.2, 0) is 10.0 Å². The summed E-state index contributed by atoms with van der Waals surface area (Å²) in [6.45, 7) is 1.64. The van der Waals surface area contributed by atoms with Crippen LogP contribution in [0.2, 0.25) is 5.02 Å². The molecule has 1 aromatic carbocycles. The number of anilines is 1. The first-order chi connectivity index (χ1) is 8.98. The van der Waals surface area contributed by atoms with Crippen molar-refractivity contribution in [1.82, 2.24) is 0 Å². The summed E-state index contributed by atoms with van der Waals surface area (Å²) in [5.74, 6) is 5.22. The van der Waals surface area contributed by atoms with Crippen LogP contribution in [-0.4, -0.2) is 25.9 Å². The van der Waals surface area contributed by atoms with Gasteiger partial charge in [0.1, 0.15) is 6.61 Å². The lowest BCUT2D eigenvalue weighted by Crippen LogP contribution is -2.17. The van der Waals surface area contributed by atoms with Crippen LogP contribution < -0.4 is 4.72 Å². The van der Waals surface area contributed by atoms with Crippen molar-refractivity contribution in [3.8, 4) is 11.8 Å². The van der Waals surface area contributed by atoms with Crippen LogP contribution in [0.15, 0.2) is 18.2 Å². The Morgan fingerprint density at radius 3 is 2.79 bits per heavy atom. The quantitative estimate of drug-likeness (QED) is 0.820. The molecule has 0 aliphatic heterocycles. The third-order valence-electron chi connectivity index (χ3n) is 2.32. The van der Waals surface area contributed by atoms with Gasteiger partial charge in [0.2, 0.25) is 10.0 Å². The zero-order chi connectivity index (χ0) is 14.3. The number of hydrogen-bond donors (Lipinski definition) is 2. The van der Waals surface area contributed by atoms with E-state index in [4.69, 9.17) is 16.7 Å². The molecule has 0 saturated carbocycles. The third-order valence-corrected chi connectivity index (χ3v) is 3.91. The van der Waals surface area contributed by atoms with E-state index in [0.29, 0.717) is 22.7 Å². The molecule has 2 N–H and O–H groups in total. The molecule has 0 aromatic heterocycles. The van der Waals surface area contributed by atoms with Crippen molar-refractivity contribution in [3.63, 3.8) is 0 Å². The van der Waals surface area contributed by atoms with Crippen LogP contribution in [0, 0.1) is 11.8 Å². The van der Waals surface area contributed by atoms with Gasteiger partial charge in [-0.3, -0.25) is 4.72 Å². The lowest BCUT2D eigenvalue weighted by atomic mass is 10.2. The topological polar surface area (TPSA) is 66.4 Å². The van der Waals surface area contributed by atoms with Gasteiger partial charge in [0, 0.05) is 10.6 Å². The van der Waals surface area contributed by atoms with Crippen molar-refractivity contribution in [2.75, 3.05) is 17.1 Å². The Kier molecular flexibility index (Phi) is 6.16. The van der Waals surface area contributed by atoms with Gasteiger partial charge in [0.05, 0.1) is 11.4 Å². The number of nitrogens with one attached hydrogen (secondary N) is 1. The minimum absolute atomic E-state index is 0.0584. The molecular weight excluding hydrogens is 286 g/mol. The monoisotopic (exact) mass is 301 g/mol. The molecule has 6 heteroatoms. The van der Waals surface area contributed by atoms with Crippen LogP contribution in [0.4, 0.5) is 5.69 Å². The predicted octanol–water partition coefficient (Wildman–Crippen LogP) is 2.23. The number of halogens is 1. The molecule has 104 valence electrons. The number of benzene rings is 1. The van der Waals surface area contributed by atoms with Crippen molar-refractivity contribution >= 4 is 27.3 Å². The maximum Gasteiger partial charge on any atom is 0.232 e. The number of rotatable bonds is 5. The highest BCUT2D eigenvalue weighted by Crippen LogP contribution is 2.21. The van der Waals surface area contributed by atoms with Crippen molar-refractivity contribution in [3.05, 3.63) is 28.8 Å². The molecule has 0 fully saturated rings. The molecule has 0 saturated heterocycles. The summed E-state index contributed by atoms with van der Waals surface area (Å²) in [5, 5.41) is 9.10. The summed E-state index contributed by atoms with van der Waals surface area (Å²) in [5.41, 5.74) is 0.822. The van der Waals surface area contributed by atoms with Crippen molar-refractivity contribution < 1.29 is 13.5 Å². The zero-order valence-corrected chi connectivity index (χ0v) is 12.2. The predicted molar refractivity (Wildman–Crippen MR) is 77.7 cm³/mol. The summed E-state index contributed by atoms with van der Waals surface area (Å²) in [7, 11) is -3.40. The zero-order valence-electron chi connectivity index (χ0n) is 10.6. The molecule has 1 rings (SSSR count). The normalized spacial score (nSPS) is 10.7. The van der Waals surface area contributed by atoms with Gasteiger partial charge in [-0.2, -0.15) is 0 Å². The molecule has 0 atom stereocenters. The number of aliphatic hydroxyl groups is 1.